The number of rotatable bonds is 4. The topological polar surface area (TPSA) is 70.3 Å². The van der Waals surface area contributed by atoms with Crippen molar-refractivity contribution in [3.05, 3.63) is 54.4 Å². The van der Waals surface area contributed by atoms with Gasteiger partial charge < -0.3 is 15.2 Å². The molecule has 1 aromatic heterocycles. The summed E-state index contributed by atoms with van der Waals surface area (Å²) in [5.41, 5.74) is 7.45. The number of hydrogen-bond acceptors (Lipinski definition) is 5. The molecule has 0 aliphatic carbocycles. The Kier molecular flexibility index (Phi) is 3.66. The molecule has 0 radical (unpaired) electrons. The monoisotopic (exact) mass is 281 g/mol. The van der Waals surface area contributed by atoms with E-state index in [9.17, 15) is 0 Å². The number of nitrogens with two attached hydrogens (primary N) is 1. The summed E-state index contributed by atoms with van der Waals surface area (Å²) in [5.74, 6) is 1.72. The van der Waals surface area contributed by atoms with Crippen LogP contribution in [0.3, 0.4) is 0 Å². The van der Waals surface area contributed by atoms with E-state index in [1.165, 1.54) is 6.33 Å². The number of benzene rings is 2. The number of fused-ring (bicyclic) bond motifs is 1. The van der Waals surface area contributed by atoms with Crippen LogP contribution in [0.5, 0.6) is 17.4 Å². The normalized spacial score (nSPS) is 10.6. The summed E-state index contributed by atoms with van der Waals surface area (Å²) in [7, 11) is 1.60. The van der Waals surface area contributed by atoms with Crippen molar-refractivity contribution in [1.29, 1.82) is 0 Å². The van der Waals surface area contributed by atoms with Crippen molar-refractivity contribution in [3.63, 3.8) is 0 Å². The molecule has 0 spiro atoms. The number of para-hydroxylation sites is 1. The van der Waals surface area contributed by atoms with Gasteiger partial charge in [0.15, 0.2) is 11.5 Å². The molecular weight excluding hydrogens is 266 g/mol. The number of methoxy groups -OCH3 is 1. The third kappa shape index (κ3) is 2.64. The number of ether oxygens (including phenoxy) is 2. The van der Waals surface area contributed by atoms with E-state index in [-0.39, 0.29) is 0 Å². The van der Waals surface area contributed by atoms with Crippen molar-refractivity contribution in [2.45, 2.75) is 6.54 Å². The minimum Gasteiger partial charge on any atom is -0.493 e. The Labute approximate surface area is 122 Å². The summed E-state index contributed by atoms with van der Waals surface area (Å²) in [6.45, 7) is 0.451. The van der Waals surface area contributed by atoms with Crippen molar-refractivity contribution in [2.24, 2.45) is 5.73 Å². The van der Waals surface area contributed by atoms with E-state index in [2.05, 4.69) is 9.97 Å². The van der Waals surface area contributed by atoms with E-state index >= 15 is 0 Å². The highest BCUT2D eigenvalue weighted by Crippen LogP contribution is 2.33. The smallest absolute Gasteiger partial charge is 0.230 e. The molecule has 106 valence electrons. The number of aromatic nitrogens is 2. The molecular formula is C16H15N3O2. The molecule has 5 heteroatoms. The number of hydrogen-bond donors (Lipinski definition) is 1. The Morgan fingerprint density at radius 3 is 2.71 bits per heavy atom. The van der Waals surface area contributed by atoms with Crippen LogP contribution >= 0.6 is 0 Å². The molecule has 0 aliphatic rings. The van der Waals surface area contributed by atoms with Crippen LogP contribution in [0.25, 0.3) is 10.9 Å². The summed E-state index contributed by atoms with van der Waals surface area (Å²) in [4.78, 5) is 8.42. The SMILES string of the molecule is COc1cc(CN)ccc1Oc1ncnc2ccccc12. The van der Waals surface area contributed by atoms with Crippen LogP contribution < -0.4 is 15.2 Å². The van der Waals surface area contributed by atoms with Gasteiger partial charge in [-0.2, -0.15) is 0 Å². The highest BCUT2D eigenvalue weighted by atomic mass is 16.5. The Balaban J connectivity index is 2.02. The summed E-state index contributed by atoms with van der Waals surface area (Å²) in [5, 5.41) is 0.852. The van der Waals surface area contributed by atoms with Crippen LogP contribution in [0, 0.1) is 0 Å². The molecule has 21 heavy (non-hydrogen) atoms. The van der Waals surface area contributed by atoms with Crippen LogP contribution in [0.2, 0.25) is 0 Å². The lowest BCUT2D eigenvalue weighted by atomic mass is 10.2. The first-order valence-corrected chi connectivity index (χ1v) is 6.56. The fraction of sp³-hybridized carbons (Fsp3) is 0.125. The van der Waals surface area contributed by atoms with Gasteiger partial charge in [-0.25, -0.2) is 9.97 Å². The van der Waals surface area contributed by atoms with Crippen molar-refractivity contribution in [2.75, 3.05) is 7.11 Å². The average molecular weight is 281 g/mol. The molecule has 0 saturated heterocycles. The Bertz CT molecular complexity index is 769. The zero-order chi connectivity index (χ0) is 14.7. The first kappa shape index (κ1) is 13.3. The summed E-state index contributed by atoms with van der Waals surface area (Å²) in [6, 6.07) is 13.3. The zero-order valence-electron chi connectivity index (χ0n) is 11.6. The molecule has 5 nitrogen and oxygen atoms in total. The average Bonchev–Trinajstić information content (AvgIpc) is 2.55. The third-order valence-corrected chi connectivity index (χ3v) is 3.18. The van der Waals surface area contributed by atoms with Crippen molar-refractivity contribution >= 4 is 10.9 Å². The minimum atomic E-state index is 0.451. The highest BCUT2D eigenvalue weighted by Gasteiger charge is 2.10. The van der Waals surface area contributed by atoms with Gasteiger partial charge >= 0.3 is 0 Å². The zero-order valence-corrected chi connectivity index (χ0v) is 11.6. The van der Waals surface area contributed by atoms with Crippen LogP contribution in [-0.2, 0) is 6.54 Å². The molecule has 0 fully saturated rings. The van der Waals surface area contributed by atoms with Gasteiger partial charge in [0.05, 0.1) is 18.0 Å². The first-order chi connectivity index (χ1) is 10.3. The van der Waals surface area contributed by atoms with Gasteiger partial charge in [-0.15, -0.1) is 0 Å². The predicted molar refractivity (Wildman–Crippen MR) is 80.5 cm³/mol. The lowest BCUT2D eigenvalue weighted by Gasteiger charge is -2.12. The molecule has 0 amide bonds. The van der Waals surface area contributed by atoms with E-state index in [0.29, 0.717) is 23.9 Å². The third-order valence-electron chi connectivity index (χ3n) is 3.18. The Hall–Kier alpha value is -2.66. The maximum atomic E-state index is 5.90. The molecule has 1 heterocycles. The van der Waals surface area contributed by atoms with E-state index in [4.69, 9.17) is 15.2 Å². The molecule has 2 aromatic carbocycles. The van der Waals surface area contributed by atoms with E-state index in [0.717, 1.165) is 16.5 Å². The molecule has 3 rings (SSSR count). The first-order valence-electron chi connectivity index (χ1n) is 6.56. The van der Waals surface area contributed by atoms with E-state index < -0.39 is 0 Å². The van der Waals surface area contributed by atoms with Gasteiger partial charge in [0, 0.05) is 6.54 Å². The lowest BCUT2D eigenvalue weighted by molar-refractivity contribution is 0.375. The second kappa shape index (κ2) is 5.76. The predicted octanol–water partition coefficient (Wildman–Crippen LogP) is 2.89. The van der Waals surface area contributed by atoms with Gasteiger partial charge in [0.2, 0.25) is 5.88 Å². The van der Waals surface area contributed by atoms with E-state index in [1.54, 1.807) is 7.11 Å². The fourth-order valence-corrected chi connectivity index (χ4v) is 2.09. The van der Waals surface area contributed by atoms with Crippen LogP contribution in [0.4, 0.5) is 0 Å². The van der Waals surface area contributed by atoms with Crippen molar-refractivity contribution < 1.29 is 9.47 Å². The molecule has 0 unspecified atom stereocenters. The van der Waals surface area contributed by atoms with E-state index in [1.807, 2.05) is 42.5 Å². The van der Waals surface area contributed by atoms with Gasteiger partial charge in [-0.1, -0.05) is 18.2 Å². The second-order valence-electron chi connectivity index (χ2n) is 4.49. The molecule has 0 aliphatic heterocycles. The largest absolute Gasteiger partial charge is 0.493 e. The van der Waals surface area contributed by atoms with Crippen molar-refractivity contribution in [1.82, 2.24) is 9.97 Å². The standard InChI is InChI=1S/C16H15N3O2/c1-20-15-8-11(9-17)6-7-14(15)21-16-12-4-2-3-5-13(12)18-10-19-16/h2-8,10H,9,17H2,1H3. The molecule has 0 atom stereocenters. The van der Waals surface area contributed by atoms with Gasteiger partial charge in [-0.3, -0.25) is 0 Å². The van der Waals surface area contributed by atoms with Crippen molar-refractivity contribution in [3.8, 4) is 17.4 Å². The Morgan fingerprint density at radius 1 is 1.05 bits per heavy atom. The molecule has 0 bridgehead atoms. The minimum absolute atomic E-state index is 0.451. The fourth-order valence-electron chi connectivity index (χ4n) is 2.09. The number of nitrogens with zero attached hydrogens (tertiary/aromatic N) is 2. The van der Waals surface area contributed by atoms with Gasteiger partial charge in [-0.05, 0) is 29.8 Å². The lowest BCUT2D eigenvalue weighted by Crippen LogP contribution is -1.98. The quantitative estimate of drug-likeness (QED) is 0.796. The summed E-state index contributed by atoms with van der Waals surface area (Å²) < 4.78 is 11.2. The highest BCUT2D eigenvalue weighted by molar-refractivity contribution is 5.83. The maximum Gasteiger partial charge on any atom is 0.230 e. The summed E-state index contributed by atoms with van der Waals surface area (Å²) >= 11 is 0. The van der Waals surface area contributed by atoms with Crippen LogP contribution in [-0.4, -0.2) is 17.1 Å². The van der Waals surface area contributed by atoms with Crippen LogP contribution in [0.15, 0.2) is 48.8 Å². The Morgan fingerprint density at radius 2 is 1.90 bits per heavy atom. The van der Waals surface area contributed by atoms with Crippen LogP contribution in [0.1, 0.15) is 5.56 Å². The maximum absolute atomic E-state index is 5.90. The molecule has 0 saturated carbocycles. The molecule has 2 N–H and O–H groups in total. The summed E-state index contributed by atoms with van der Waals surface area (Å²) in [6.07, 6.45) is 1.48. The second-order valence-corrected chi connectivity index (χ2v) is 4.49. The molecule has 3 aromatic rings. The van der Waals surface area contributed by atoms with Gasteiger partial charge in [0.25, 0.3) is 0 Å². The van der Waals surface area contributed by atoms with Gasteiger partial charge in [0.1, 0.15) is 6.33 Å².